The molecular weight excluding hydrogens is 316 g/mol. The van der Waals surface area contributed by atoms with Gasteiger partial charge in [-0.25, -0.2) is 0 Å². The van der Waals surface area contributed by atoms with E-state index in [-0.39, 0.29) is 29.8 Å². The molecule has 1 aromatic carbocycles. The third-order valence-corrected chi connectivity index (χ3v) is 4.75. The summed E-state index contributed by atoms with van der Waals surface area (Å²) in [5.41, 5.74) is 1.22. The highest BCUT2D eigenvalue weighted by Gasteiger charge is 2.35. The molecule has 0 bridgehead atoms. The summed E-state index contributed by atoms with van der Waals surface area (Å²) in [5, 5.41) is 3.08. The number of carbonyl (C=O) groups excluding carboxylic acids is 2. The molecule has 0 aliphatic carbocycles. The van der Waals surface area contributed by atoms with Crippen molar-refractivity contribution in [3.8, 4) is 5.75 Å². The number of nitrogens with one attached hydrogen (secondary N) is 1. The number of benzene rings is 1. The maximum Gasteiger partial charge on any atom is 0.243 e. The van der Waals surface area contributed by atoms with Gasteiger partial charge < -0.3 is 15.0 Å². The molecule has 1 N–H and O–H groups in total. The van der Waals surface area contributed by atoms with Gasteiger partial charge in [-0.05, 0) is 50.3 Å². The quantitative estimate of drug-likeness (QED) is 0.826. The standard InChI is InChI=1S/C20H30N2O3/c1-14(2)20(24)22-13-5-6-18(22)19(23)21-15(3)7-8-16-9-11-17(25-4)12-10-16/h9-12,14-15,18H,5-8,13H2,1-4H3,(H,21,23). The number of carbonyl (C=O) groups is 2. The van der Waals surface area contributed by atoms with Gasteiger partial charge in [0.2, 0.25) is 11.8 Å². The maximum atomic E-state index is 12.6. The Morgan fingerprint density at radius 2 is 1.92 bits per heavy atom. The predicted molar refractivity (Wildman–Crippen MR) is 98.5 cm³/mol. The van der Waals surface area contributed by atoms with Crippen LogP contribution in [0.15, 0.2) is 24.3 Å². The van der Waals surface area contributed by atoms with Gasteiger partial charge in [-0.1, -0.05) is 26.0 Å². The molecule has 1 aliphatic rings. The summed E-state index contributed by atoms with van der Waals surface area (Å²) in [6.45, 7) is 6.47. The van der Waals surface area contributed by atoms with E-state index >= 15 is 0 Å². The molecule has 5 heteroatoms. The van der Waals surface area contributed by atoms with Crippen LogP contribution in [0.1, 0.15) is 45.6 Å². The Morgan fingerprint density at radius 1 is 1.24 bits per heavy atom. The number of ether oxygens (including phenoxy) is 1. The fraction of sp³-hybridized carbons (Fsp3) is 0.600. The van der Waals surface area contributed by atoms with Gasteiger partial charge >= 0.3 is 0 Å². The second kappa shape index (κ2) is 8.88. The lowest BCUT2D eigenvalue weighted by molar-refractivity contribution is -0.141. The highest BCUT2D eigenvalue weighted by Crippen LogP contribution is 2.20. The van der Waals surface area contributed by atoms with E-state index in [0.717, 1.165) is 31.4 Å². The number of hydrogen-bond acceptors (Lipinski definition) is 3. The Kier molecular flexibility index (Phi) is 6.85. The molecule has 1 aliphatic heterocycles. The van der Waals surface area contributed by atoms with Crippen molar-refractivity contribution in [2.75, 3.05) is 13.7 Å². The van der Waals surface area contributed by atoms with Crippen LogP contribution in [0.2, 0.25) is 0 Å². The van der Waals surface area contributed by atoms with Gasteiger partial charge in [0.05, 0.1) is 7.11 Å². The van der Waals surface area contributed by atoms with Crippen molar-refractivity contribution in [1.82, 2.24) is 10.2 Å². The van der Waals surface area contributed by atoms with E-state index in [2.05, 4.69) is 5.32 Å². The number of hydrogen-bond donors (Lipinski definition) is 1. The van der Waals surface area contributed by atoms with Crippen molar-refractivity contribution < 1.29 is 14.3 Å². The monoisotopic (exact) mass is 346 g/mol. The van der Waals surface area contributed by atoms with E-state index in [1.54, 1.807) is 12.0 Å². The minimum Gasteiger partial charge on any atom is -0.497 e. The van der Waals surface area contributed by atoms with Crippen LogP contribution in [0.4, 0.5) is 0 Å². The van der Waals surface area contributed by atoms with Crippen LogP contribution in [-0.2, 0) is 16.0 Å². The summed E-state index contributed by atoms with van der Waals surface area (Å²) in [6, 6.07) is 7.77. The molecular formula is C20H30N2O3. The highest BCUT2D eigenvalue weighted by atomic mass is 16.5. The number of amides is 2. The zero-order valence-electron chi connectivity index (χ0n) is 15.7. The Hall–Kier alpha value is -2.04. The average Bonchev–Trinajstić information content (AvgIpc) is 3.09. The number of aryl methyl sites for hydroxylation is 1. The first kappa shape index (κ1) is 19.3. The van der Waals surface area contributed by atoms with Gasteiger partial charge in [0.25, 0.3) is 0 Å². The fourth-order valence-electron chi connectivity index (χ4n) is 3.22. The van der Waals surface area contributed by atoms with E-state index < -0.39 is 0 Å². The molecule has 0 aromatic heterocycles. The van der Waals surface area contributed by atoms with E-state index in [0.29, 0.717) is 6.54 Å². The Balaban J connectivity index is 1.83. The first-order valence-electron chi connectivity index (χ1n) is 9.16. The number of methoxy groups -OCH3 is 1. The fourth-order valence-corrected chi connectivity index (χ4v) is 3.22. The molecule has 5 nitrogen and oxygen atoms in total. The zero-order valence-corrected chi connectivity index (χ0v) is 15.7. The summed E-state index contributed by atoms with van der Waals surface area (Å²) < 4.78 is 5.16. The van der Waals surface area contributed by atoms with Crippen LogP contribution in [0.3, 0.4) is 0 Å². The van der Waals surface area contributed by atoms with Crippen LogP contribution in [0.25, 0.3) is 0 Å². The second-order valence-electron chi connectivity index (χ2n) is 7.14. The molecule has 0 radical (unpaired) electrons. The molecule has 1 saturated heterocycles. The first-order chi connectivity index (χ1) is 11.9. The molecule has 2 unspecified atom stereocenters. The Bertz CT molecular complexity index is 583. The molecule has 0 spiro atoms. The number of nitrogens with zero attached hydrogens (tertiary/aromatic N) is 1. The highest BCUT2D eigenvalue weighted by molar-refractivity contribution is 5.89. The van der Waals surface area contributed by atoms with Crippen molar-refractivity contribution in [2.24, 2.45) is 5.92 Å². The van der Waals surface area contributed by atoms with Crippen LogP contribution in [-0.4, -0.2) is 42.5 Å². The topological polar surface area (TPSA) is 58.6 Å². The average molecular weight is 346 g/mol. The summed E-state index contributed by atoms with van der Waals surface area (Å²) in [7, 11) is 1.66. The molecule has 0 saturated carbocycles. The Labute approximate surface area is 150 Å². The van der Waals surface area contributed by atoms with Crippen LogP contribution in [0, 0.1) is 5.92 Å². The van der Waals surface area contributed by atoms with Crippen LogP contribution < -0.4 is 10.1 Å². The van der Waals surface area contributed by atoms with Crippen molar-refractivity contribution >= 4 is 11.8 Å². The summed E-state index contributed by atoms with van der Waals surface area (Å²) >= 11 is 0. The molecule has 1 fully saturated rings. The lowest BCUT2D eigenvalue weighted by Gasteiger charge is -2.27. The second-order valence-corrected chi connectivity index (χ2v) is 7.14. The van der Waals surface area contributed by atoms with Gasteiger partial charge in [0.15, 0.2) is 0 Å². The summed E-state index contributed by atoms with van der Waals surface area (Å²) in [4.78, 5) is 26.6. The predicted octanol–water partition coefficient (Wildman–Crippen LogP) is 2.78. The molecule has 1 aromatic rings. The molecule has 2 atom stereocenters. The molecule has 25 heavy (non-hydrogen) atoms. The lowest BCUT2D eigenvalue weighted by atomic mass is 10.1. The van der Waals surface area contributed by atoms with E-state index in [1.807, 2.05) is 45.0 Å². The van der Waals surface area contributed by atoms with E-state index in [4.69, 9.17) is 4.74 Å². The van der Waals surface area contributed by atoms with E-state index in [9.17, 15) is 9.59 Å². The molecule has 138 valence electrons. The third kappa shape index (κ3) is 5.21. The van der Waals surface area contributed by atoms with Crippen LogP contribution in [0.5, 0.6) is 5.75 Å². The molecule has 2 rings (SSSR count). The minimum absolute atomic E-state index is 0.0197. The first-order valence-corrected chi connectivity index (χ1v) is 9.16. The smallest absolute Gasteiger partial charge is 0.243 e. The third-order valence-electron chi connectivity index (χ3n) is 4.75. The van der Waals surface area contributed by atoms with Gasteiger partial charge in [-0.2, -0.15) is 0 Å². The molecule has 2 amide bonds. The normalized spacial score (nSPS) is 18.3. The van der Waals surface area contributed by atoms with Crippen molar-refractivity contribution in [1.29, 1.82) is 0 Å². The SMILES string of the molecule is COc1ccc(CCC(C)NC(=O)C2CCCN2C(=O)C(C)C)cc1. The Morgan fingerprint density at radius 3 is 2.52 bits per heavy atom. The number of likely N-dealkylation sites (tertiary alicyclic amines) is 1. The van der Waals surface area contributed by atoms with Gasteiger partial charge in [-0.15, -0.1) is 0 Å². The summed E-state index contributed by atoms with van der Waals surface area (Å²) in [5.74, 6) is 0.833. The van der Waals surface area contributed by atoms with Gasteiger partial charge in [0.1, 0.15) is 11.8 Å². The largest absolute Gasteiger partial charge is 0.497 e. The van der Waals surface area contributed by atoms with Crippen molar-refractivity contribution in [3.05, 3.63) is 29.8 Å². The zero-order chi connectivity index (χ0) is 18.4. The lowest BCUT2D eigenvalue weighted by Crippen LogP contribution is -2.49. The van der Waals surface area contributed by atoms with Crippen molar-refractivity contribution in [3.63, 3.8) is 0 Å². The van der Waals surface area contributed by atoms with Gasteiger partial charge in [-0.3, -0.25) is 9.59 Å². The van der Waals surface area contributed by atoms with Crippen molar-refractivity contribution in [2.45, 2.75) is 58.5 Å². The van der Waals surface area contributed by atoms with Gasteiger partial charge in [0, 0.05) is 18.5 Å². The maximum absolute atomic E-state index is 12.6. The minimum atomic E-state index is -0.307. The molecule has 1 heterocycles. The van der Waals surface area contributed by atoms with Crippen LogP contribution >= 0.6 is 0 Å². The summed E-state index contributed by atoms with van der Waals surface area (Å²) in [6.07, 6.45) is 3.42. The number of rotatable bonds is 7. The van der Waals surface area contributed by atoms with E-state index in [1.165, 1.54) is 5.56 Å².